The standard InChI is InChI=1S/C16H17BrFN/c1-10-6-7-11(2)12(8-10)9-15(19)13-4-3-5-14(17)16(13)18/h3-8,15H,9,19H2,1-2H3. The Hall–Kier alpha value is -1.19. The Morgan fingerprint density at radius 1 is 1.21 bits per heavy atom. The minimum absolute atomic E-state index is 0.264. The van der Waals surface area contributed by atoms with Gasteiger partial charge in [0.25, 0.3) is 0 Å². The molecule has 2 N–H and O–H groups in total. The van der Waals surface area contributed by atoms with E-state index in [0.717, 1.165) is 0 Å². The fourth-order valence-electron chi connectivity index (χ4n) is 2.17. The van der Waals surface area contributed by atoms with Gasteiger partial charge in [-0.1, -0.05) is 35.9 Å². The van der Waals surface area contributed by atoms with E-state index in [1.807, 2.05) is 13.0 Å². The van der Waals surface area contributed by atoms with Crippen molar-refractivity contribution in [3.63, 3.8) is 0 Å². The Morgan fingerprint density at radius 2 is 1.95 bits per heavy atom. The molecule has 0 aliphatic carbocycles. The van der Waals surface area contributed by atoms with Crippen LogP contribution in [0.3, 0.4) is 0 Å². The number of hydrogen-bond donors (Lipinski definition) is 1. The van der Waals surface area contributed by atoms with Gasteiger partial charge in [-0.15, -0.1) is 0 Å². The SMILES string of the molecule is Cc1ccc(C)c(CC(N)c2cccc(Br)c2F)c1. The van der Waals surface area contributed by atoms with E-state index in [0.29, 0.717) is 16.5 Å². The van der Waals surface area contributed by atoms with Crippen molar-refractivity contribution in [1.82, 2.24) is 0 Å². The number of benzene rings is 2. The van der Waals surface area contributed by atoms with Crippen LogP contribution in [0.2, 0.25) is 0 Å². The Kier molecular flexibility index (Phi) is 4.38. The van der Waals surface area contributed by atoms with Crippen LogP contribution in [-0.2, 0) is 6.42 Å². The lowest BCUT2D eigenvalue weighted by atomic mass is 9.95. The van der Waals surface area contributed by atoms with E-state index in [2.05, 4.69) is 41.1 Å². The highest BCUT2D eigenvalue weighted by Crippen LogP contribution is 2.25. The second-order valence-corrected chi connectivity index (χ2v) is 5.74. The maximum absolute atomic E-state index is 14.0. The zero-order valence-corrected chi connectivity index (χ0v) is 12.7. The van der Waals surface area contributed by atoms with Gasteiger partial charge in [-0.05, 0) is 53.4 Å². The average molecular weight is 322 g/mol. The fourth-order valence-corrected chi connectivity index (χ4v) is 2.56. The molecule has 3 heteroatoms. The van der Waals surface area contributed by atoms with E-state index in [-0.39, 0.29) is 11.9 Å². The molecule has 0 bridgehead atoms. The molecule has 0 saturated heterocycles. The summed E-state index contributed by atoms with van der Waals surface area (Å²) in [4.78, 5) is 0. The summed E-state index contributed by atoms with van der Waals surface area (Å²) in [5, 5.41) is 0. The van der Waals surface area contributed by atoms with Crippen molar-refractivity contribution in [2.24, 2.45) is 5.73 Å². The number of halogens is 2. The van der Waals surface area contributed by atoms with Crippen LogP contribution < -0.4 is 5.73 Å². The molecule has 1 unspecified atom stereocenters. The summed E-state index contributed by atoms with van der Waals surface area (Å²) in [7, 11) is 0. The van der Waals surface area contributed by atoms with E-state index in [9.17, 15) is 4.39 Å². The van der Waals surface area contributed by atoms with E-state index < -0.39 is 0 Å². The molecule has 0 aliphatic heterocycles. The lowest BCUT2D eigenvalue weighted by Crippen LogP contribution is -2.16. The molecule has 2 rings (SSSR count). The van der Waals surface area contributed by atoms with Crippen molar-refractivity contribution in [2.45, 2.75) is 26.3 Å². The van der Waals surface area contributed by atoms with E-state index in [4.69, 9.17) is 5.73 Å². The summed E-state index contributed by atoms with van der Waals surface area (Å²) in [6, 6.07) is 11.2. The van der Waals surface area contributed by atoms with Crippen molar-refractivity contribution in [3.8, 4) is 0 Å². The Labute approximate surface area is 121 Å². The molecule has 2 aromatic carbocycles. The van der Waals surface area contributed by atoms with E-state index >= 15 is 0 Å². The van der Waals surface area contributed by atoms with Crippen molar-refractivity contribution in [1.29, 1.82) is 0 Å². The normalized spacial score (nSPS) is 12.5. The predicted octanol–water partition coefficient (Wildman–Crippen LogP) is 4.45. The van der Waals surface area contributed by atoms with Crippen LogP contribution in [0.15, 0.2) is 40.9 Å². The molecular formula is C16H17BrFN. The predicted molar refractivity (Wildman–Crippen MR) is 80.6 cm³/mol. The molecular weight excluding hydrogens is 305 g/mol. The molecule has 0 aliphatic rings. The molecule has 0 spiro atoms. The summed E-state index contributed by atoms with van der Waals surface area (Å²) in [5.41, 5.74) is 10.3. The van der Waals surface area contributed by atoms with Gasteiger partial charge in [-0.25, -0.2) is 4.39 Å². The second-order valence-electron chi connectivity index (χ2n) is 4.88. The molecule has 100 valence electrons. The quantitative estimate of drug-likeness (QED) is 0.888. The van der Waals surface area contributed by atoms with Crippen molar-refractivity contribution >= 4 is 15.9 Å². The highest BCUT2D eigenvalue weighted by molar-refractivity contribution is 9.10. The van der Waals surface area contributed by atoms with Gasteiger partial charge < -0.3 is 5.73 Å². The smallest absolute Gasteiger partial charge is 0.142 e. The highest BCUT2D eigenvalue weighted by Gasteiger charge is 2.15. The third-order valence-electron chi connectivity index (χ3n) is 3.33. The largest absolute Gasteiger partial charge is 0.324 e. The van der Waals surface area contributed by atoms with Gasteiger partial charge in [0, 0.05) is 11.6 Å². The molecule has 0 saturated carbocycles. The van der Waals surface area contributed by atoms with Crippen molar-refractivity contribution in [2.75, 3.05) is 0 Å². The van der Waals surface area contributed by atoms with Crippen LogP contribution in [0.5, 0.6) is 0 Å². The minimum Gasteiger partial charge on any atom is -0.324 e. The number of aryl methyl sites for hydroxylation is 2. The molecule has 19 heavy (non-hydrogen) atoms. The molecule has 0 radical (unpaired) electrons. The Balaban J connectivity index is 2.28. The first-order chi connectivity index (χ1) is 8.99. The van der Waals surface area contributed by atoms with Gasteiger partial charge in [0.15, 0.2) is 0 Å². The first kappa shape index (κ1) is 14.2. The van der Waals surface area contributed by atoms with Gasteiger partial charge in [-0.3, -0.25) is 0 Å². The molecule has 1 nitrogen and oxygen atoms in total. The summed E-state index contributed by atoms with van der Waals surface area (Å²) < 4.78 is 14.5. The molecule has 2 aromatic rings. The average Bonchev–Trinajstić information content (AvgIpc) is 2.37. The topological polar surface area (TPSA) is 26.0 Å². The third kappa shape index (κ3) is 3.23. The van der Waals surface area contributed by atoms with Gasteiger partial charge in [0.05, 0.1) is 4.47 Å². The maximum atomic E-state index is 14.0. The van der Waals surface area contributed by atoms with Crippen LogP contribution in [-0.4, -0.2) is 0 Å². The monoisotopic (exact) mass is 321 g/mol. The Bertz CT molecular complexity index is 595. The van der Waals surface area contributed by atoms with Gasteiger partial charge in [0.2, 0.25) is 0 Å². The molecule has 0 aromatic heterocycles. The summed E-state index contributed by atoms with van der Waals surface area (Å²) in [6.45, 7) is 4.10. The first-order valence-electron chi connectivity index (χ1n) is 6.24. The Morgan fingerprint density at radius 3 is 2.68 bits per heavy atom. The maximum Gasteiger partial charge on any atom is 0.142 e. The first-order valence-corrected chi connectivity index (χ1v) is 7.04. The van der Waals surface area contributed by atoms with Crippen molar-refractivity contribution < 1.29 is 4.39 Å². The lowest BCUT2D eigenvalue weighted by molar-refractivity contribution is 0.574. The van der Waals surface area contributed by atoms with Crippen molar-refractivity contribution in [3.05, 3.63) is 68.9 Å². The van der Waals surface area contributed by atoms with Crippen LogP contribution in [0.25, 0.3) is 0 Å². The molecule has 1 atom stereocenters. The zero-order valence-electron chi connectivity index (χ0n) is 11.1. The zero-order chi connectivity index (χ0) is 14.0. The van der Waals surface area contributed by atoms with Crippen LogP contribution >= 0.6 is 15.9 Å². The molecule has 0 heterocycles. The fraction of sp³-hybridized carbons (Fsp3) is 0.250. The van der Waals surface area contributed by atoms with E-state index in [1.165, 1.54) is 16.7 Å². The van der Waals surface area contributed by atoms with Crippen LogP contribution in [0.1, 0.15) is 28.3 Å². The van der Waals surface area contributed by atoms with Crippen LogP contribution in [0.4, 0.5) is 4.39 Å². The second kappa shape index (κ2) is 5.85. The lowest BCUT2D eigenvalue weighted by Gasteiger charge is -2.15. The minimum atomic E-state index is -0.335. The molecule has 0 fully saturated rings. The summed E-state index contributed by atoms with van der Waals surface area (Å²) >= 11 is 3.20. The number of rotatable bonds is 3. The summed E-state index contributed by atoms with van der Waals surface area (Å²) in [6.07, 6.45) is 0.640. The van der Waals surface area contributed by atoms with Crippen LogP contribution in [0, 0.1) is 19.7 Å². The number of nitrogens with two attached hydrogens (primary N) is 1. The van der Waals surface area contributed by atoms with Gasteiger partial charge >= 0.3 is 0 Å². The van der Waals surface area contributed by atoms with Gasteiger partial charge in [-0.2, -0.15) is 0 Å². The highest BCUT2D eigenvalue weighted by atomic mass is 79.9. The third-order valence-corrected chi connectivity index (χ3v) is 3.94. The van der Waals surface area contributed by atoms with E-state index in [1.54, 1.807) is 12.1 Å². The molecule has 0 amide bonds. The van der Waals surface area contributed by atoms with Gasteiger partial charge in [0.1, 0.15) is 5.82 Å². The summed E-state index contributed by atoms with van der Waals surface area (Å²) in [5.74, 6) is -0.264. The number of hydrogen-bond acceptors (Lipinski definition) is 1.